The van der Waals surface area contributed by atoms with Gasteiger partial charge in [0.2, 0.25) is 5.82 Å². The molecule has 33 heavy (non-hydrogen) atoms. The molecule has 2 fully saturated rings. The van der Waals surface area contributed by atoms with Crippen molar-refractivity contribution >= 4 is 5.97 Å². The van der Waals surface area contributed by atoms with E-state index in [0.29, 0.717) is 29.8 Å². The fraction of sp³-hybridized carbons (Fsp3) is 0.417. The van der Waals surface area contributed by atoms with E-state index in [1.165, 1.54) is 0 Å². The van der Waals surface area contributed by atoms with Crippen LogP contribution in [0.5, 0.6) is 11.5 Å². The van der Waals surface area contributed by atoms with Gasteiger partial charge in [0, 0.05) is 5.56 Å². The van der Waals surface area contributed by atoms with E-state index in [2.05, 4.69) is 25.9 Å². The Labute approximate surface area is 191 Å². The van der Waals surface area contributed by atoms with Crippen LogP contribution < -0.4 is 14.8 Å². The van der Waals surface area contributed by atoms with E-state index in [1.807, 2.05) is 42.5 Å². The Hall–Kier alpha value is -3.46. The molecule has 1 saturated carbocycles. The predicted octanol–water partition coefficient (Wildman–Crippen LogP) is 3.15. The Morgan fingerprint density at radius 1 is 1.06 bits per heavy atom. The molecule has 1 aliphatic carbocycles. The molecule has 172 valence electrons. The number of carboxylic acids is 1. The van der Waals surface area contributed by atoms with Crippen LogP contribution in [0.2, 0.25) is 0 Å². The molecular formula is C24H27N5O4. The summed E-state index contributed by atoms with van der Waals surface area (Å²) in [4.78, 5) is 11.5. The number of piperidine rings is 1. The van der Waals surface area contributed by atoms with Gasteiger partial charge >= 0.3 is 5.97 Å². The topological polar surface area (TPSA) is 122 Å². The largest absolute Gasteiger partial charge is 0.496 e. The maximum absolute atomic E-state index is 11.5. The van der Waals surface area contributed by atoms with E-state index in [4.69, 9.17) is 9.47 Å². The van der Waals surface area contributed by atoms with Crippen LogP contribution in [-0.4, -0.2) is 57.5 Å². The number of nitrogens with one attached hydrogen (secondary N) is 2. The molecule has 3 aromatic rings. The van der Waals surface area contributed by atoms with Gasteiger partial charge in [-0.2, -0.15) is 5.21 Å². The van der Waals surface area contributed by atoms with Crippen LogP contribution in [0.15, 0.2) is 42.5 Å². The molecule has 2 heterocycles. The quantitative estimate of drug-likeness (QED) is 0.525. The average molecular weight is 450 g/mol. The number of carboxylic acid groups (broad SMARTS) is 1. The van der Waals surface area contributed by atoms with Gasteiger partial charge in [-0.05, 0) is 73.0 Å². The minimum atomic E-state index is -0.777. The maximum atomic E-state index is 11.5. The second-order valence-electron chi connectivity index (χ2n) is 8.75. The van der Waals surface area contributed by atoms with Crippen LogP contribution in [0.4, 0.5) is 0 Å². The van der Waals surface area contributed by atoms with Gasteiger partial charge in [0.25, 0.3) is 0 Å². The highest BCUT2D eigenvalue weighted by Gasteiger charge is 2.38. The third-order valence-electron chi connectivity index (χ3n) is 6.83. The van der Waals surface area contributed by atoms with Gasteiger partial charge < -0.3 is 19.9 Å². The number of aliphatic carboxylic acids is 1. The Morgan fingerprint density at radius 3 is 2.73 bits per heavy atom. The standard InChI is InChI=1S/C24H27N5O4/c1-32-21-5-3-2-4-18(21)14-7-9-19(23-26-28-29-27-23)22(12-14)33-17-8-6-15-13-25-20(24(30)31)11-16(15)10-17/h2-5,7,9,12,15-17,20,25H,6,8,10-11,13H2,1H3,(H,30,31)(H,26,27,28,29)/t15-,16-,17-,20-/m0/s1. The Bertz CT molecular complexity index is 1120. The van der Waals surface area contributed by atoms with Crippen LogP contribution in [0.1, 0.15) is 25.7 Å². The predicted molar refractivity (Wildman–Crippen MR) is 121 cm³/mol. The SMILES string of the molecule is COc1ccccc1-c1ccc(-c2nn[nH]n2)c(O[C@H]2CC[C@H]3CN[C@H](C(=O)O)C[C@@H]3C2)c1. The number of hydrogen-bond donors (Lipinski definition) is 3. The number of fused-ring (bicyclic) bond motifs is 1. The molecule has 3 N–H and O–H groups in total. The molecule has 9 nitrogen and oxygen atoms in total. The molecule has 0 radical (unpaired) electrons. The number of H-pyrrole nitrogens is 1. The lowest BCUT2D eigenvalue weighted by atomic mass is 9.72. The van der Waals surface area contributed by atoms with Crippen LogP contribution in [0.3, 0.4) is 0 Å². The Kier molecular flexibility index (Phi) is 5.95. The lowest BCUT2D eigenvalue weighted by Gasteiger charge is -2.41. The number of nitrogens with zero attached hydrogens (tertiary/aromatic N) is 3. The number of methoxy groups -OCH3 is 1. The van der Waals surface area contributed by atoms with Crippen LogP contribution in [0.25, 0.3) is 22.5 Å². The zero-order valence-electron chi connectivity index (χ0n) is 18.4. The highest BCUT2D eigenvalue weighted by Crippen LogP contribution is 2.40. The number of rotatable bonds is 6. The fourth-order valence-electron chi connectivity index (χ4n) is 5.13. The van der Waals surface area contributed by atoms with E-state index in [1.54, 1.807) is 7.11 Å². The van der Waals surface area contributed by atoms with E-state index in [9.17, 15) is 9.90 Å². The number of benzene rings is 2. The number of hydrogen-bond acceptors (Lipinski definition) is 7. The summed E-state index contributed by atoms with van der Waals surface area (Å²) < 4.78 is 12.1. The molecule has 2 aliphatic rings. The van der Waals surface area contributed by atoms with Crippen molar-refractivity contribution in [1.29, 1.82) is 0 Å². The third kappa shape index (κ3) is 4.41. The lowest BCUT2D eigenvalue weighted by molar-refractivity contribution is -0.141. The zero-order valence-corrected chi connectivity index (χ0v) is 18.4. The van der Waals surface area contributed by atoms with Gasteiger partial charge in [-0.25, -0.2) is 0 Å². The van der Waals surface area contributed by atoms with Crippen LogP contribution >= 0.6 is 0 Å². The monoisotopic (exact) mass is 449 g/mol. The number of carbonyl (C=O) groups is 1. The molecule has 1 aromatic heterocycles. The van der Waals surface area contributed by atoms with Crippen LogP contribution in [-0.2, 0) is 4.79 Å². The second kappa shape index (κ2) is 9.19. The summed E-state index contributed by atoms with van der Waals surface area (Å²) in [5.41, 5.74) is 2.70. The minimum Gasteiger partial charge on any atom is -0.496 e. The molecular weight excluding hydrogens is 422 g/mol. The van der Waals surface area contributed by atoms with Crippen molar-refractivity contribution in [3.05, 3.63) is 42.5 Å². The van der Waals surface area contributed by atoms with E-state index >= 15 is 0 Å². The molecule has 1 aliphatic heterocycles. The van der Waals surface area contributed by atoms with E-state index in [-0.39, 0.29) is 6.10 Å². The number of para-hydroxylation sites is 1. The van der Waals surface area contributed by atoms with Gasteiger partial charge in [0.1, 0.15) is 17.5 Å². The number of aromatic nitrogens is 4. The van der Waals surface area contributed by atoms with Crippen molar-refractivity contribution in [1.82, 2.24) is 25.9 Å². The molecule has 0 bridgehead atoms. The highest BCUT2D eigenvalue weighted by atomic mass is 16.5. The molecule has 2 aromatic carbocycles. The first-order valence-corrected chi connectivity index (χ1v) is 11.3. The van der Waals surface area contributed by atoms with Gasteiger partial charge in [0.15, 0.2) is 0 Å². The van der Waals surface area contributed by atoms with Gasteiger partial charge in [-0.3, -0.25) is 4.79 Å². The van der Waals surface area contributed by atoms with Gasteiger partial charge in [-0.1, -0.05) is 24.3 Å². The normalized spacial score (nSPS) is 24.6. The van der Waals surface area contributed by atoms with Crippen molar-refractivity contribution < 1.29 is 19.4 Å². The fourth-order valence-corrected chi connectivity index (χ4v) is 5.13. The molecule has 5 rings (SSSR count). The highest BCUT2D eigenvalue weighted by molar-refractivity contribution is 5.76. The van der Waals surface area contributed by atoms with E-state index in [0.717, 1.165) is 48.2 Å². The summed E-state index contributed by atoms with van der Waals surface area (Å²) in [6.07, 6.45) is 3.40. The summed E-state index contributed by atoms with van der Waals surface area (Å²) in [5, 5.41) is 27.1. The van der Waals surface area contributed by atoms with Crippen molar-refractivity contribution in [3.63, 3.8) is 0 Å². The van der Waals surface area contributed by atoms with Crippen molar-refractivity contribution in [3.8, 4) is 34.0 Å². The summed E-state index contributed by atoms with van der Waals surface area (Å²) >= 11 is 0. The minimum absolute atomic E-state index is 0.00244. The first-order valence-electron chi connectivity index (χ1n) is 11.3. The molecule has 9 heteroatoms. The molecule has 0 unspecified atom stereocenters. The maximum Gasteiger partial charge on any atom is 0.320 e. The molecule has 0 amide bonds. The summed E-state index contributed by atoms with van der Waals surface area (Å²) in [6, 6.07) is 13.3. The average Bonchev–Trinajstić information content (AvgIpc) is 3.38. The summed E-state index contributed by atoms with van der Waals surface area (Å²) in [5.74, 6) is 1.99. The number of aromatic amines is 1. The van der Waals surface area contributed by atoms with Gasteiger partial charge in [-0.15, -0.1) is 10.2 Å². The number of tetrazole rings is 1. The second-order valence-corrected chi connectivity index (χ2v) is 8.75. The van der Waals surface area contributed by atoms with E-state index < -0.39 is 12.0 Å². The smallest absolute Gasteiger partial charge is 0.320 e. The van der Waals surface area contributed by atoms with Crippen LogP contribution in [0, 0.1) is 11.8 Å². The molecule has 0 spiro atoms. The van der Waals surface area contributed by atoms with Crippen molar-refractivity contribution in [2.24, 2.45) is 11.8 Å². The lowest BCUT2D eigenvalue weighted by Crippen LogP contribution is -2.50. The Morgan fingerprint density at radius 2 is 1.94 bits per heavy atom. The zero-order chi connectivity index (χ0) is 22.8. The summed E-state index contributed by atoms with van der Waals surface area (Å²) in [6.45, 7) is 0.756. The first kappa shape index (κ1) is 21.4. The van der Waals surface area contributed by atoms with Crippen molar-refractivity contribution in [2.45, 2.75) is 37.8 Å². The molecule has 1 saturated heterocycles. The summed E-state index contributed by atoms with van der Waals surface area (Å²) in [7, 11) is 1.66. The number of ether oxygens (including phenoxy) is 2. The molecule has 4 atom stereocenters. The Balaban J connectivity index is 1.43. The van der Waals surface area contributed by atoms with Gasteiger partial charge in [0.05, 0.1) is 18.8 Å². The first-order chi connectivity index (χ1) is 16.1. The third-order valence-corrected chi connectivity index (χ3v) is 6.83. The van der Waals surface area contributed by atoms with Crippen molar-refractivity contribution in [2.75, 3.05) is 13.7 Å².